The van der Waals surface area contributed by atoms with Crippen molar-refractivity contribution in [3.8, 4) is 5.75 Å². The molecule has 1 rings (SSSR count). The number of hydrogen-bond donors (Lipinski definition) is 3. The number of hydrogen-bond acceptors (Lipinski definition) is 4. The number of carbonyl (C=O) groups excluding carboxylic acids is 1. The highest BCUT2D eigenvalue weighted by molar-refractivity contribution is 6.31. The van der Waals surface area contributed by atoms with Crippen molar-refractivity contribution in [1.29, 1.82) is 0 Å². The predicted octanol–water partition coefficient (Wildman–Crippen LogP) is 3.06. The third kappa shape index (κ3) is 7.20. The molecule has 0 aromatic heterocycles. The van der Waals surface area contributed by atoms with E-state index in [1.165, 1.54) is 0 Å². The largest absolute Gasteiger partial charge is 0.495 e. The van der Waals surface area contributed by atoms with E-state index in [0.717, 1.165) is 13.0 Å². The van der Waals surface area contributed by atoms with Gasteiger partial charge in [0.1, 0.15) is 5.75 Å². The Morgan fingerprint density at radius 2 is 2.13 bits per heavy atom. The molecular weight excluding hydrogens is 316 g/mol. The second-order valence-corrected chi connectivity index (χ2v) is 6.96. The van der Waals surface area contributed by atoms with Crippen LogP contribution >= 0.6 is 11.6 Å². The molecule has 0 saturated heterocycles. The second-order valence-electron chi connectivity index (χ2n) is 6.52. The fourth-order valence-corrected chi connectivity index (χ4v) is 2.24. The van der Waals surface area contributed by atoms with Crippen LogP contribution in [-0.4, -0.2) is 37.3 Å². The number of halogens is 1. The fraction of sp³-hybridized carbons (Fsp3) is 0.588. The minimum atomic E-state index is -0.108. The van der Waals surface area contributed by atoms with Gasteiger partial charge in [-0.2, -0.15) is 0 Å². The summed E-state index contributed by atoms with van der Waals surface area (Å²) in [6.45, 7) is 6.89. The Bertz CT molecular complexity index is 521. The second kappa shape index (κ2) is 9.11. The Hall–Kier alpha value is -1.30. The maximum absolute atomic E-state index is 12.1. The first-order chi connectivity index (χ1) is 10.8. The quantitative estimate of drug-likeness (QED) is 0.645. The first-order valence-corrected chi connectivity index (χ1v) is 8.13. The number of amides is 1. The maximum atomic E-state index is 12.1. The Balaban J connectivity index is 2.46. The van der Waals surface area contributed by atoms with E-state index in [0.29, 0.717) is 22.9 Å². The van der Waals surface area contributed by atoms with Gasteiger partial charge in [-0.1, -0.05) is 25.4 Å². The van der Waals surface area contributed by atoms with Gasteiger partial charge in [-0.3, -0.25) is 4.79 Å². The van der Waals surface area contributed by atoms with E-state index in [-0.39, 0.29) is 24.0 Å². The summed E-state index contributed by atoms with van der Waals surface area (Å²) in [5.74, 6) is 0.472. The van der Waals surface area contributed by atoms with Crippen LogP contribution in [0, 0.1) is 5.41 Å². The molecule has 0 bridgehead atoms. The van der Waals surface area contributed by atoms with Gasteiger partial charge in [0.15, 0.2) is 0 Å². The molecule has 0 saturated carbocycles. The topological polar surface area (TPSA) is 70.6 Å². The zero-order valence-corrected chi connectivity index (χ0v) is 15.0. The molecule has 1 amide bonds. The van der Waals surface area contributed by atoms with E-state index in [9.17, 15) is 9.90 Å². The minimum Gasteiger partial charge on any atom is -0.495 e. The number of benzene rings is 1. The third-order valence-electron chi connectivity index (χ3n) is 3.65. The van der Waals surface area contributed by atoms with Crippen molar-refractivity contribution >= 4 is 23.2 Å². The van der Waals surface area contributed by atoms with Crippen LogP contribution < -0.4 is 15.4 Å². The van der Waals surface area contributed by atoms with Gasteiger partial charge in [-0.15, -0.1) is 0 Å². The van der Waals surface area contributed by atoms with Crippen LogP contribution in [0.3, 0.4) is 0 Å². The summed E-state index contributed by atoms with van der Waals surface area (Å²) in [5, 5.41) is 15.9. The number of nitrogens with one attached hydrogen (secondary N) is 2. The monoisotopic (exact) mass is 342 g/mol. The molecule has 130 valence electrons. The SMILES string of the molecule is COc1ccc(Cl)cc1NC(=O)CC(C)NCCC(C)(C)CO. The minimum absolute atomic E-state index is 0.0367. The van der Waals surface area contributed by atoms with Crippen molar-refractivity contribution in [2.45, 2.75) is 39.7 Å². The van der Waals surface area contributed by atoms with Gasteiger partial charge in [0.2, 0.25) is 5.91 Å². The van der Waals surface area contributed by atoms with Gasteiger partial charge in [0, 0.05) is 24.1 Å². The standard InChI is InChI=1S/C17H27ClN2O3/c1-12(19-8-7-17(2,3)11-21)9-16(22)20-14-10-13(18)5-6-15(14)23-4/h5-6,10,12,19,21H,7-9,11H2,1-4H3,(H,20,22). The molecule has 6 heteroatoms. The summed E-state index contributed by atoms with van der Waals surface area (Å²) in [6.07, 6.45) is 1.19. The Kier molecular flexibility index (Phi) is 7.82. The average molecular weight is 343 g/mol. The summed E-state index contributed by atoms with van der Waals surface area (Å²) in [4.78, 5) is 12.1. The smallest absolute Gasteiger partial charge is 0.226 e. The summed E-state index contributed by atoms with van der Waals surface area (Å²) >= 11 is 5.95. The van der Waals surface area contributed by atoms with Crippen LogP contribution in [0.2, 0.25) is 5.02 Å². The van der Waals surface area contributed by atoms with Gasteiger partial charge in [-0.25, -0.2) is 0 Å². The molecule has 0 spiro atoms. The van der Waals surface area contributed by atoms with E-state index in [2.05, 4.69) is 10.6 Å². The van der Waals surface area contributed by atoms with Crippen molar-refractivity contribution in [1.82, 2.24) is 5.32 Å². The van der Waals surface area contributed by atoms with Crippen LogP contribution in [0.4, 0.5) is 5.69 Å². The molecule has 0 aliphatic heterocycles. The van der Waals surface area contributed by atoms with Crippen LogP contribution in [0.1, 0.15) is 33.6 Å². The lowest BCUT2D eigenvalue weighted by atomic mass is 9.90. The molecule has 1 unspecified atom stereocenters. The van der Waals surface area contributed by atoms with Crippen molar-refractivity contribution in [2.24, 2.45) is 5.41 Å². The van der Waals surface area contributed by atoms with Crippen molar-refractivity contribution in [3.05, 3.63) is 23.2 Å². The van der Waals surface area contributed by atoms with E-state index < -0.39 is 0 Å². The lowest BCUT2D eigenvalue weighted by Gasteiger charge is -2.23. The van der Waals surface area contributed by atoms with Crippen molar-refractivity contribution in [2.75, 3.05) is 25.6 Å². The van der Waals surface area contributed by atoms with Crippen LogP contribution in [0.5, 0.6) is 5.75 Å². The third-order valence-corrected chi connectivity index (χ3v) is 3.88. The normalized spacial score (nSPS) is 12.8. The number of aliphatic hydroxyl groups excluding tert-OH is 1. The Morgan fingerprint density at radius 1 is 1.43 bits per heavy atom. The molecule has 0 aliphatic carbocycles. The van der Waals surface area contributed by atoms with Gasteiger partial charge in [0.25, 0.3) is 0 Å². The fourth-order valence-electron chi connectivity index (χ4n) is 2.07. The molecule has 1 aromatic rings. The summed E-state index contributed by atoms with van der Waals surface area (Å²) < 4.78 is 5.21. The first kappa shape index (κ1) is 19.7. The highest BCUT2D eigenvalue weighted by Crippen LogP contribution is 2.27. The number of aliphatic hydroxyl groups is 1. The lowest BCUT2D eigenvalue weighted by molar-refractivity contribution is -0.116. The molecule has 0 aliphatic rings. The number of anilines is 1. The molecular formula is C17H27ClN2O3. The molecule has 23 heavy (non-hydrogen) atoms. The number of carbonyl (C=O) groups is 1. The molecule has 0 radical (unpaired) electrons. The van der Waals surface area contributed by atoms with Crippen LogP contribution in [0.15, 0.2) is 18.2 Å². The van der Waals surface area contributed by atoms with E-state index in [1.807, 2.05) is 20.8 Å². The highest BCUT2D eigenvalue weighted by atomic mass is 35.5. The van der Waals surface area contributed by atoms with Crippen LogP contribution in [-0.2, 0) is 4.79 Å². The average Bonchev–Trinajstić information content (AvgIpc) is 2.47. The van der Waals surface area contributed by atoms with Crippen molar-refractivity contribution in [3.63, 3.8) is 0 Å². The first-order valence-electron chi connectivity index (χ1n) is 7.75. The number of rotatable bonds is 9. The highest BCUT2D eigenvalue weighted by Gasteiger charge is 2.17. The molecule has 3 N–H and O–H groups in total. The molecule has 1 atom stereocenters. The predicted molar refractivity (Wildman–Crippen MR) is 94.2 cm³/mol. The van der Waals surface area contributed by atoms with E-state index in [4.69, 9.17) is 16.3 Å². The molecule has 5 nitrogen and oxygen atoms in total. The number of methoxy groups -OCH3 is 1. The molecule has 1 aromatic carbocycles. The maximum Gasteiger partial charge on any atom is 0.226 e. The van der Waals surface area contributed by atoms with E-state index in [1.54, 1.807) is 25.3 Å². The number of ether oxygens (including phenoxy) is 1. The van der Waals surface area contributed by atoms with Gasteiger partial charge in [-0.05, 0) is 43.5 Å². The van der Waals surface area contributed by atoms with Crippen molar-refractivity contribution < 1.29 is 14.6 Å². The van der Waals surface area contributed by atoms with Gasteiger partial charge in [0.05, 0.1) is 12.8 Å². The Labute approximate surface area is 143 Å². The Morgan fingerprint density at radius 3 is 2.74 bits per heavy atom. The molecule has 0 heterocycles. The summed E-state index contributed by atoms with van der Waals surface area (Å²) in [7, 11) is 1.55. The zero-order valence-electron chi connectivity index (χ0n) is 14.3. The molecule has 0 fully saturated rings. The lowest BCUT2D eigenvalue weighted by Crippen LogP contribution is -2.33. The summed E-state index contributed by atoms with van der Waals surface area (Å²) in [5.41, 5.74) is 0.460. The van der Waals surface area contributed by atoms with Gasteiger partial charge >= 0.3 is 0 Å². The summed E-state index contributed by atoms with van der Waals surface area (Å²) in [6, 6.07) is 5.13. The van der Waals surface area contributed by atoms with E-state index >= 15 is 0 Å². The van der Waals surface area contributed by atoms with Crippen LogP contribution in [0.25, 0.3) is 0 Å². The zero-order chi connectivity index (χ0) is 17.5. The van der Waals surface area contributed by atoms with Gasteiger partial charge < -0.3 is 20.5 Å².